The fraction of sp³-hybridized carbons (Fsp3) is 0.714. The summed E-state index contributed by atoms with van der Waals surface area (Å²) < 4.78 is 0. The molecule has 1 aromatic rings. The number of likely N-dealkylation sites (N-methyl/N-ethyl adjacent to an activating group) is 1. The van der Waals surface area contributed by atoms with Gasteiger partial charge in [-0.3, -0.25) is 4.90 Å². The molecule has 1 saturated heterocycles. The summed E-state index contributed by atoms with van der Waals surface area (Å²) in [6.45, 7) is 7.86. The molecule has 102 valence electrons. The molecule has 1 aliphatic heterocycles. The van der Waals surface area contributed by atoms with E-state index < -0.39 is 0 Å². The van der Waals surface area contributed by atoms with Crippen molar-refractivity contribution in [3.63, 3.8) is 0 Å². The fourth-order valence-corrected chi connectivity index (χ4v) is 3.61. The first-order valence-corrected chi connectivity index (χ1v) is 7.74. The Labute approximate surface area is 115 Å². The molecule has 2 heterocycles. The number of hydrogen-bond acceptors (Lipinski definition) is 4. The predicted octanol–water partition coefficient (Wildman–Crippen LogP) is 2.16. The molecular formula is C14H25N3S. The normalized spacial score (nSPS) is 26.1. The van der Waals surface area contributed by atoms with Crippen LogP contribution in [-0.2, 0) is 0 Å². The van der Waals surface area contributed by atoms with Gasteiger partial charge in [-0.25, -0.2) is 0 Å². The molecule has 0 aliphatic carbocycles. The number of nitrogens with zero attached hydrogens (tertiary/aromatic N) is 2. The van der Waals surface area contributed by atoms with E-state index in [1.165, 1.54) is 4.88 Å². The number of hydrogen-bond donors (Lipinski definition) is 1. The van der Waals surface area contributed by atoms with Crippen molar-refractivity contribution >= 4 is 11.3 Å². The molecule has 1 aliphatic rings. The van der Waals surface area contributed by atoms with Crippen molar-refractivity contribution in [1.82, 2.24) is 9.80 Å². The molecule has 18 heavy (non-hydrogen) atoms. The summed E-state index contributed by atoms with van der Waals surface area (Å²) in [4.78, 5) is 6.42. The third kappa shape index (κ3) is 2.94. The molecule has 0 aromatic carbocycles. The van der Waals surface area contributed by atoms with Crippen LogP contribution in [-0.4, -0.2) is 48.6 Å². The highest BCUT2D eigenvalue weighted by Crippen LogP contribution is 2.30. The third-order valence-corrected chi connectivity index (χ3v) is 5.04. The van der Waals surface area contributed by atoms with Crippen molar-refractivity contribution in [3.05, 3.63) is 22.4 Å². The van der Waals surface area contributed by atoms with E-state index in [2.05, 4.69) is 48.2 Å². The Kier molecular flexibility index (Phi) is 4.78. The van der Waals surface area contributed by atoms with E-state index in [0.29, 0.717) is 12.1 Å². The second-order valence-corrected chi connectivity index (χ2v) is 6.34. The third-order valence-electron chi connectivity index (χ3n) is 4.10. The number of rotatable bonds is 4. The fourth-order valence-electron chi connectivity index (χ4n) is 2.67. The summed E-state index contributed by atoms with van der Waals surface area (Å²) in [6.07, 6.45) is 1.03. The van der Waals surface area contributed by atoms with E-state index >= 15 is 0 Å². The minimum atomic E-state index is 0.235. The SMILES string of the molecule is CCC(N)C(c1cccs1)N1CCN(C)C(C)C1. The van der Waals surface area contributed by atoms with E-state index in [-0.39, 0.29) is 6.04 Å². The molecule has 1 fully saturated rings. The lowest BCUT2D eigenvalue weighted by Gasteiger charge is -2.43. The van der Waals surface area contributed by atoms with Crippen LogP contribution in [0.25, 0.3) is 0 Å². The summed E-state index contributed by atoms with van der Waals surface area (Å²) in [5.74, 6) is 0. The van der Waals surface area contributed by atoms with Crippen molar-refractivity contribution < 1.29 is 0 Å². The van der Waals surface area contributed by atoms with Gasteiger partial charge in [-0.15, -0.1) is 11.3 Å². The lowest BCUT2D eigenvalue weighted by Crippen LogP contribution is -2.53. The zero-order valence-electron chi connectivity index (χ0n) is 11.7. The van der Waals surface area contributed by atoms with Crippen LogP contribution in [0.4, 0.5) is 0 Å². The first-order valence-electron chi connectivity index (χ1n) is 6.86. The van der Waals surface area contributed by atoms with E-state index in [4.69, 9.17) is 5.73 Å². The van der Waals surface area contributed by atoms with Crippen molar-refractivity contribution in [1.29, 1.82) is 0 Å². The average Bonchev–Trinajstić information content (AvgIpc) is 2.87. The van der Waals surface area contributed by atoms with Gasteiger partial charge in [0.05, 0.1) is 6.04 Å². The van der Waals surface area contributed by atoms with Crippen LogP contribution in [0.5, 0.6) is 0 Å². The maximum atomic E-state index is 6.37. The van der Waals surface area contributed by atoms with Gasteiger partial charge in [0, 0.05) is 36.6 Å². The molecule has 0 amide bonds. The van der Waals surface area contributed by atoms with E-state index in [0.717, 1.165) is 26.1 Å². The van der Waals surface area contributed by atoms with Crippen LogP contribution < -0.4 is 5.73 Å². The maximum Gasteiger partial charge on any atom is 0.0594 e. The summed E-state index contributed by atoms with van der Waals surface area (Å²) in [6, 6.07) is 5.61. The molecule has 2 N–H and O–H groups in total. The Morgan fingerprint density at radius 3 is 2.83 bits per heavy atom. The largest absolute Gasteiger partial charge is 0.326 e. The van der Waals surface area contributed by atoms with Crippen molar-refractivity contribution in [3.8, 4) is 0 Å². The summed E-state index contributed by atoms with van der Waals surface area (Å²) in [5, 5.41) is 2.16. The van der Waals surface area contributed by atoms with Gasteiger partial charge in [0.25, 0.3) is 0 Å². The highest BCUT2D eigenvalue weighted by atomic mass is 32.1. The van der Waals surface area contributed by atoms with Crippen molar-refractivity contribution in [2.24, 2.45) is 5.73 Å². The monoisotopic (exact) mass is 267 g/mol. The lowest BCUT2D eigenvalue weighted by atomic mass is 10.0. The van der Waals surface area contributed by atoms with Gasteiger partial charge in [-0.1, -0.05) is 13.0 Å². The average molecular weight is 267 g/mol. The van der Waals surface area contributed by atoms with E-state index in [9.17, 15) is 0 Å². The van der Waals surface area contributed by atoms with Gasteiger partial charge >= 0.3 is 0 Å². The topological polar surface area (TPSA) is 32.5 Å². The number of nitrogens with two attached hydrogens (primary N) is 1. The van der Waals surface area contributed by atoms with Crippen LogP contribution in [0.1, 0.15) is 31.2 Å². The molecule has 3 unspecified atom stereocenters. The highest BCUT2D eigenvalue weighted by molar-refractivity contribution is 7.10. The minimum absolute atomic E-state index is 0.235. The Bertz CT molecular complexity index is 352. The van der Waals surface area contributed by atoms with Crippen LogP contribution >= 0.6 is 11.3 Å². The summed E-state index contributed by atoms with van der Waals surface area (Å²) in [5.41, 5.74) is 6.37. The molecule has 1 aromatic heterocycles. The number of piperazine rings is 1. The minimum Gasteiger partial charge on any atom is -0.326 e. The Hall–Kier alpha value is -0.420. The van der Waals surface area contributed by atoms with Gasteiger partial charge in [0.2, 0.25) is 0 Å². The molecule has 0 spiro atoms. The Morgan fingerprint density at radius 1 is 1.50 bits per heavy atom. The van der Waals surface area contributed by atoms with Crippen molar-refractivity contribution in [2.75, 3.05) is 26.7 Å². The van der Waals surface area contributed by atoms with Gasteiger partial charge in [-0.05, 0) is 31.8 Å². The standard InChI is InChI=1S/C14H25N3S/c1-4-12(15)14(13-6-5-9-18-13)17-8-7-16(3)11(2)10-17/h5-6,9,11-12,14H,4,7-8,10,15H2,1-3H3. The molecule has 2 rings (SSSR count). The van der Waals surface area contributed by atoms with Crippen molar-refractivity contribution in [2.45, 2.75) is 38.4 Å². The summed E-state index contributed by atoms with van der Waals surface area (Å²) in [7, 11) is 2.21. The van der Waals surface area contributed by atoms with Gasteiger partial charge < -0.3 is 10.6 Å². The molecule has 4 heteroatoms. The molecule has 0 radical (unpaired) electrons. The van der Waals surface area contributed by atoms with Gasteiger partial charge in [0.1, 0.15) is 0 Å². The van der Waals surface area contributed by atoms with Crippen LogP contribution in [0.15, 0.2) is 17.5 Å². The predicted molar refractivity (Wildman–Crippen MR) is 79.0 cm³/mol. The molecular weight excluding hydrogens is 242 g/mol. The zero-order chi connectivity index (χ0) is 13.1. The first kappa shape index (κ1) is 14.0. The van der Waals surface area contributed by atoms with Crippen LogP contribution in [0, 0.1) is 0 Å². The molecule has 3 atom stereocenters. The van der Waals surface area contributed by atoms with Crippen LogP contribution in [0.2, 0.25) is 0 Å². The Morgan fingerprint density at radius 2 is 2.28 bits per heavy atom. The van der Waals surface area contributed by atoms with E-state index in [1.54, 1.807) is 0 Å². The van der Waals surface area contributed by atoms with E-state index in [1.807, 2.05) is 11.3 Å². The summed E-state index contributed by atoms with van der Waals surface area (Å²) >= 11 is 1.84. The Balaban J connectivity index is 2.14. The quantitative estimate of drug-likeness (QED) is 0.907. The second-order valence-electron chi connectivity index (χ2n) is 5.36. The highest BCUT2D eigenvalue weighted by Gasteiger charge is 2.31. The second kappa shape index (κ2) is 6.15. The zero-order valence-corrected chi connectivity index (χ0v) is 12.5. The smallest absolute Gasteiger partial charge is 0.0594 e. The molecule has 0 bridgehead atoms. The molecule has 0 saturated carbocycles. The maximum absolute atomic E-state index is 6.37. The lowest BCUT2D eigenvalue weighted by molar-refractivity contribution is 0.0624. The van der Waals surface area contributed by atoms with Gasteiger partial charge in [-0.2, -0.15) is 0 Å². The number of thiophene rings is 1. The van der Waals surface area contributed by atoms with Crippen LogP contribution in [0.3, 0.4) is 0 Å². The first-order chi connectivity index (χ1) is 8.63. The molecule has 3 nitrogen and oxygen atoms in total. The van der Waals surface area contributed by atoms with Gasteiger partial charge in [0.15, 0.2) is 0 Å².